The van der Waals surface area contributed by atoms with Crippen LogP contribution in [0.15, 0.2) is 36.7 Å². The highest BCUT2D eigenvalue weighted by Gasteiger charge is 2.31. The van der Waals surface area contributed by atoms with Crippen molar-refractivity contribution in [2.24, 2.45) is 0 Å². The van der Waals surface area contributed by atoms with E-state index in [-0.39, 0.29) is 11.8 Å². The number of fused-ring (bicyclic) bond motifs is 1. The topological polar surface area (TPSA) is 87.2 Å². The van der Waals surface area contributed by atoms with Gasteiger partial charge in [-0.1, -0.05) is 12.1 Å². The molecule has 2 aliphatic heterocycles. The lowest BCUT2D eigenvalue weighted by Gasteiger charge is -2.33. The first-order chi connectivity index (χ1) is 16.1. The summed E-state index contributed by atoms with van der Waals surface area (Å²) in [7, 11) is 1.66. The van der Waals surface area contributed by atoms with Crippen LogP contribution in [0.25, 0.3) is 0 Å². The van der Waals surface area contributed by atoms with Gasteiger partial charge in [-0.3, -0.25) is 14.6 Å². The number of imidazole rings is 1. The number of H-pyrrole nitrogens is 1. The summed E-state index contributed by atoms with van der Waals surface area (Å²) >= 11 is 0. The maximum Gasteiger partial charge on any atom is 0.228 e. The van der Waals surface area contributed by atoms with Crippen molar-refractivity contribution in [3.05, 3.63) is 65.1 Å². The standard InChI is InChI=1S/C25H30N6O2/c1-17-21-8-9-23(32)31(14-18-5-3-7-20(13-18)33-2)25(21)29-24(28-17)19-6-4-12-30(15-19)16-22-26-10-11-27-22/h3,5,7,10-11,13,19H,4,6,8-9,12,14-16H2,1-2H3,(H,26,27)/t19-/m0/s1. The Labute approximate surface area is 194 Å². The zero-order valence-electron chi connectivity index (χ0n) is 19.3. The number of aromatic nitrogens is 4. The first-order valence-electron chi connectivity index (χ1n) is 11.6. The lowest BCUT2D eigenvalue weighted by Crippen LogP contribution is -2.38. The summed E-state index contributed by atoms with van der Waals surface area (Å²) in [5, 5.41) is 0. The summed E-state index contributed by atoms with van der Waals surface area (Å²) in [4.78, 5) is 34.7. The van der Waals surface area contributed by atoms with Crippen molar-refractivity contribution in [3.8, 4) is 5.75 Å². The summed E-state index contributed by atoms with van der Waals surface area (Å²) in [5.74, 6) is 3.75. The molecule has 0 radical (unpaired) electrons. The fourth-order valence-corrected chi connectivity index (χ4v) is 4.91. The molecule has 0 aliphatic carbocycles. The largest absolute Gasteiger partial charge is 0.497 e. The Morgan fingerprint density at radius 1 is 1.21 bits per heavy atom. The molecule has 0 saturated carbocycles. The van der Waals surface area contributed by atoms with Crippen molar-refractivity contribution in [1.82, 2.24) is 24.8 Å². The van der Waals surface area contributed by atoms with E-state index in [9.17, 15) is 4.79 Å². The third kappa shape index (κ3) is 4.61. The van der Waals surface area contributed by atoms with E-state index in [1.807, 2.05) is 42.3 Å². The molecule has 0 unspecified atom stereocenters. The number of aryl methyl sites for hydroxylation is 1. The molecule has 8 heteroatoms. The van der Waals surface area contributed by atoms with Gasteiger partial charge in [0.05, 0.1) is 20.2 Å². The molecule has 33 heavy (non-hydrogen) atoms. The van der Waals surface area contributed by atoms with Gasteiger partial charge in [0, 0.05) is 42.5 Å². The van der Waals surface area contributed by atoms with E-state index in [1.54, 1.807) is 13.3 Å². The van der Waals surface area contributed by atoms with Gasteiger partial charge in [-0.05, 0) is 50.4 Å². The number of carbonyl (C=O) groups is 1. The number of amides is 1. The number of nitrogens with zero attached hydrogens (tertiary/aromatic N) is 5. The second-order valence-corrected chi connectivity index (χ2v) is 8.91. The van der Waals surface area contributed by atoms with Crippen LogP contribution < -0.4 is 9.64 Å². The predicted molar refractivity (Wildman–Crippen MR) is 125 cm³/mol. The van der Waals surface area contributed by atoms with E-state index < -0.39 is 0 Å². The fraction of sp³-hybridized carbons (Fsp3) is 0.440. The molecule has 2 aliphatic rings. The molecule has 172 valence electrons. The van der Waals surface area contributed by atoms with Crippen LogP contribution in [0.3, 0.4) is 0 Å². The van der Waals surface area contributed by atoms with Gasteiger partial charge >= 0.3 is 0 Å². The number of nitrogens with one attached hydrogen (secondary N) is 1. The number of carbonyl (C=O) groups excluding carboxylic acids is 1. The third-order valence-corrected chi connectivity index (χ3v) is 6.63. The minimum absolute atomic E-state index is 0.109. The fourth-order valence-electron chi connectivity index (χ4n) is 4.91. The maximum atomic E-state index is 13.0. The van der Waals surface area contributed by atoms with Crippen molar-refractivity contribution in [3.63, 3.8) is 0 Å². The molecule has 1 aromatic carbocycles. The van der Waals surface area contributed by atoms with E-state index in [0.29, 0.717) is 19.4 Å². The van der Waals surface area contributed by atoms with Gasteiger partial charge < -0.3 is 9.72 Å². The number of rotatable bonds is 6. The summed E-state index contributed by atoms with van der Waals surface area (Å²) in [5.41, 5.74) is 3.10. The van der Waals surface area contributed by atoms with Crippen LogP contribution in [0.5, 0.6) is 5.75 Å². The molecule has 0 bridgehead atoms. The third-order valence-electron chi connectivity index (χ3n) is 6.63. The van der Waals surface area contributed by atoms with Crippen molar-refractivity contribution in [2.45, 2.75) is 51.6 Å². The minimum atomic E-state index is 0.109. The van der Waals surface area contributed by atoms with Crippen LogP contribution in [0.4, 0.5) is 5.82 Å². The van der Waals surface area contributed by atoms with Crippen molar-refractivity contribution in [1.29, 1.82) is 0 Å². The zero-order chi connectivity index (χ0) is 22.8. The molecule has 1 fully saturated rings. The molecule has 0 spiro atoms. The van der Waals surface area contributed by atoms with E-state index in [4.69, 9.17) is 14.7 Å². The van der Waals surface area contributed by atoms with Crippen LogP contribution in [0.2, 0.25) is 0 Å². The molecule has 1 N–H and O–H groups in total. The summed E-state index contributed by atoms with van der Waals surface area (Å²) in [6.45, 7) is 5.26. The lowest BCUT2D eigenvalue weighted by atomic mass is 9.96. The smallest absolute Gasteiger partial charge is 0.228 e. The number of hydrogen-bond donors (Lipinski definition) is 1. The second kappa shape index (κ2) is 9.31. The Balaban J connectivity index is 1.41. The van der Waals surface area contributed by atoms with Gasteiger partial charge in [-0.25, -0.2) is 15.0 Å². The maximum absolute atomic E-state index is 13.0. The lowest BCUT2D eigenvalue weighted by molar-refractivity contribution is -0.119. The van der Waals surface area contributed by atoms with Crippen LogP contribution in [-0.4, -0.2) is 50.9 Å². The summed E-state index contributed by atoms with van der Waals surface area (Å²) < 4.78 is 5.36. The second-order valence-electron chi connectivity index (χ2n) is 8.91. The molecule has 1 saturated heterocycles. The Kier molecular flexibility index (Phi) is 6.09. The molecule has 2 aromatic heterocycles. The van der Waals surface area contributed by atoms with Gasteiger partial charge in [-0.2, -0.15) is 0 Å². The first-order valence-corrected chi connectivity index (χ1v) is 11.6. The van der Waals surface area contributed by atoms with E-state index in [2.05, 4.69) is 14.9 Å². The molecule has 4 heterocycles. The van der Waals surface area contributed by atoms with Crippen molar-refractivity contribution in [2.75, 3.05) is 25.1 Å². The number of aromatic amines is 1. The molecule has 1 atom stereocenters. The molecular weight excluding hydrogens is 416 g/mol. The molecule has 5 rings (SSSR count). The van der Waals surface area contributed by atoms with Gasteiger partial charge in [0.15, 0.2) is 0 Å². The number of piperidine rings is 1. The first kappa shape index (κ1) is 21.6. The number of hydrogen-bond acceptors (Lipinski definition) is 6. The number of anilines is 1. The number of methoxy groups -OCH3 is 1. The van der Waals surface area contributed by atoms with Crippen LogP contribution in [-0.2, 0) is 24.3 Å². The zero-order valence-corrected chi connectivity index (χ0v) is 19.3. The molecule has 3 aromatic rings. The predicted octanol–water partition coefficient (Wildman–Crippen LogP) is 3.38. The van der Waals surface area contributed by atoms with Gasteiger partial charge in [0.2, 0.25) is 5.91 Å². The Bertz CT molecular complexity index is 1130. The normalized spacial score (nSPS) is 18.9. The quantitative estimate of drug-likeness (QED) is 0.625. The van der Waals surface area contributed by atoms with Crippen molar-refractivity contribution < 1.29 is 9.53 Å². The van der Waals surface area contributed by atoms with Crippen LogP contribution in [0.1, 0.15) is 53.7 Å². The summed E-state index contributed by atoms with van der Waals surface area (Å²) in [6.07, 6.45) is 6.99. The van der Waals surface area contributed by atoms with Gasteiger partial charge in [0.1, 0.15) is 23.2 Å². The Morgan fingerprint density at radius 3 is 2.94 bits per heavy atom. The minimum Gasteiger partial charge on any atom is -0.497 e. The molecule has 1 amide bonds. The van der Waals surface area contributed by atoms with Crippen LogP contribution in [0, 0.1) is 6.92 Å². The van der Waals surface area contributed by atoms with Gasteiger partial charge in [-0.15, -0.1) is 0 Å². The van der Waals surface area contributed by atoms with E-state index in [0.717, 1.165) is 72.5 Å². The highest BCUT2D eigenvalue weighted by molar-refractivity contribution is 5.95. The van der Waals surface area contributed by atoms with Crippen molar-refractivity contribution >= 4 is 11.7 Å². The molecule has 8 nitrogen and oxygen atoms in total. The summed E-state index contributed by atoms with van der Waals surface area (Å²) in [6, 6.07) is 7.87. The molecular formula is C25H30N6O2. The van der Waals surface area contributed by atoms with E-state index in [1.165, 1.54) is 0 Å². The van der Waals surface area contributed by atoms with E-state index >= 15 is 0 Å². The Hall–Kier alpha value is -3.26. The highest BCUT2D eigenvalue weighted by atomic mass is 16.5. The SMILES string of the molecule is COc1cccc(CN2C(=O)CCc3c(C)nc([C@H]4CCCN(Cc5ncc[nH]5)C4)nc32)c1. The van der Waals surface area contributed by atoms with Crippen LogP contribution >= 0.6 is 0 Å². The number of benzene rings is 1. The highest BCUT2D eigenvalue weighted by Crippen LogP contribution is 2.33. The average Bonchev–Trinajstić information content (AvgIpc) is 3.34. The Morgan fingerprint density at radius 2 is 2.12 bits per heavy atom. The average molecular weight is 447 g/mol. The van der Waals surface area contributed by atoms with Gasteiger partial charge in [0.25, 0.3) is 0 Å². The number of likely N-dealkylation sites (tertiary alicyclic amines) is 1. The monoisotopic (exact) mass is 446 g/mol. The number of ether oxygens (including phenoxy) is 1.